The van der Waals surface area contributed by atoms with Crippen molar-refractivity contribution in [2.75, 3.05) is 0 Å². The minimum Gasteiger partial charge on any atom is -0.350 e. The van der Waals surface area contributed by atoms with Crippen LogP contribution in [-0.2, 0) is 17.8 Å². The predicted molar refractivity (Wildman–Crippen MR) is 96.4 cm³/mol. The molecule has 0 aliphatic heterocycles. The molecule has 0 bridgehead atoms. The van der Waals surface area contributed by atoms with Gasteiger partial charge in [-0.3, -0.25) is 4.79 Å². The van der Waals surface area contributed by atoms with Gasteiger partial charge in [0, 0.05) is 23.8 Å². The molecule has 3 aromatic rings. The summed E-state index contributed by atoms with van der Waals surface area (Å²) in [4.78, 5) is 20.5. The fraction of sp³-hybridized carbons (Fsp3) is 0.294. The van der Waals surface area contributed by atoms with Crippen LogP contribution >= 0.6 is 22.9 Å². The van der Waals surface area contributed by atoms with Crippen molar-refractivity contribution in [3.05, 3.63) is 51.3 Å². The molecule has 0 saturated heterocycles. The molecule has 2 aromatic heterocycles. The summed E-state index contributed by atoms with van der Waals surface area (Å²) in [5.74, 6) is 0.943. The Balaban J connectivity index is 1.45. The average Bonchev–Trinajstić information content (AvgIpc) is 3.22. The number of aromatic nitrogens is 3. The lowest BCUT2D eigenvalue weighted by Gasteiger charge is -2.02. The molecule has 0 aliphatic rings. The van der Waals surface area contributed by atoms with Crippen molar-refractivity contribution >= 4 is 28.8 Å². The molecular formula is C17H17ClN4O2S. The lowest BCUT2D eigenvalue weighted by atomic mass is 10.2. The molecule has 0 radical (unpaired) electrons. The van der Waals surface area contributed by atoms with Crippen LogP contribution in [0.1, 0.15) is 29.4 Å². The van der Waals surface area contributed by atoms with Crippen molar-refractivity contribution in [3.63, 3.8) is 0 Å². The fourth-order valence-corrected chi connectivity index (χ4v) is 3.11. The monoisotopic (exact) mass is 376 g/mol. The highest BCUT2D eigenvalue weighted by atomic mass is 35.5. The fourth-order valence-electron chi connectivity index (χ4n) is 2.28. The van der Waals surface area contributed by atoms with Crippen molar-refractivity contribution in [3.8, 4) is 11.4 Å². The first-order valence-electron chi connectivity index (χ1n) is 7.87. The van der Waals surface area contributed by atoms with Crippen LogP contribution in [0, 0.1) is 6.92 Å². The maximum absolute atomic E-state index is 11.9. The first-order valence-corrected chi connectivity index (χ1v) is 9.13. The van der Waals surface area contributed by atoms with E-state index < -0.39 is 0 Å². The van der Waals surface area contributed by atoms with Gasteiger partial charge in [0.05, 0.1) is 22.3 Å². The molecule has 0 aliphatic carbocycles. The number of amides is 1. The topological polar surface area (TPSA) is 80.9 Å². The summed E-state index contributed by atoms with van der Waals surface area (Å²) in [6, 6.07) is 7.33. The number of hydrogen-bond acceptors (Lipinski definition) is 6. The Kier molecular flexibility index (Phi) is 5.78. The number of nitrogens with one attached hydrogen (secondary N) is 1. The Hall–Kier alpha value is -2.25. The Morgan fingerprint density at radius 1 is 1.32 bits per heavy atom. The smallest absolute Gasteiger partial charge is 0.226 e. The normalized spacial score (nSPS) is 10.8. The number of nitrogens with zero attached hydrogens (tertiary/aromatic N) is 3. The Morgan fingerprint density at radius 2 is 2.16 bits per heavy atom. The summed E-state index contributed by atoms with van der Waals surface area (Å²) in [6.07, 6.45) is 1.57. The van der Waals surface area contributed by atoms with Gasteiger partial charge in [-0.25, -0.2) is 4.98 Å². The zero-order valence-corrected chi connectivity index (χ0v) is 15.2. The zero-order valence-electron chi connectivity index (χ0n) is 13.7. The van der Waals surface area contributed by atoms with Crippen LogP contribution < -0.4 is 5.32 Å². The minimum atomic E-state index is -0.0171. The third-order valence-corrected chi connectivity index (χ3v) is 4.66. The zero-order chi connectivity index (χ0) is 17.6. The van der Waals surface area contributed by atoms with E-state index in [0.717, 1.165) is 16.3 Å². The lowest BCUT2D eigenvalue weighted by Crippen LogP contribution is -2.22. The summed E-state index contributed by atoms with van der Waals surface area (Å²) in [5.41, 5.74) is 1.62. The summed E-state index contributed by atoms with van der Waals surface area (Å²) >= 11 is 7.69. The van der Waals surface area contributed by atoms with Gasteiger partial charge in [-0.15, -0.1) is 11.3 Å². The quantitative estimate of drug-likeness (QED) is 0.678. The number of carbonyl (C=O) groups is 1. The maximum Gasteiger partial charge on any atom is 0.226 e. The molecule has 6 nitrogen and oxygen atoms in total. The summed E-state index contributed by atoms with van der Waals surface area (Å²) < 4.78 is 5.23. The van der Waals surface area contributed by atoms with Gasteiger partial charge in [0.1, 0.15) is 0 Å². The molecule has 25 heavy (non-hydrogen) atoms. The van der Waals surface area contributed by atoms with Crippen molar-refractivity contribution in [1.82, 2.24) is 20.4 Å². The van der Waals surface area contributed by atoms with Crippen LogP contribution in [0.5, 0.6) is 0 Å². The van der Waals surface area contributed by atoms with E-state index in [0.29, 0.717) is 42.5 Å². The van der Waals surface area contributed by atoms with Crippen LogP contribution in [0.4, 0.5) is 0 Å². The molecule has 2 heterocycles. The van der Waals surface area contributed by atoms with Crippen molar-refractivity contribution in [2.24, 2.45) is 0 Å². The van der Waals surface area contributed by atoms with Gasteiger partial charge in [0.25, 0.3) is 0 Å². The average molecular weight is 377 g/mol. The predicted octanol–water partition coefficient (Wildman–Crippen LogP) is 3.79. The van der Waals surface area contributed by atoms with Crippen molar-refractivity contribution in [1.29, 1.82) is 0 Å². The van der Waals surface area contributed by atoms with E-state index in [9.17, 15) is 4.79 Å². The molecule has 1 N–H and O–H groups in total. The van der Waals surface area contributed by atoms with E-state index in [1.54, 1.807) is 17.4 Å². The minimum absolute atomic E-state index is 0.0171. The van der Waals surface area contributed by atoms with Crippen LogP contribution in [0.2, 0.25) is 5.02 Å². The Morgan fingerprint density at radius 3 is 2.92 bits per heavy atom. The third kappa shape index (κ3) is 4.87. The van der Waals surface area contributed by atoms with Crippen molar-refractivity contribution < 1.29 is 9.32 Å². The number of halogens is 1. The Bertz CT molecular complexity index is 862. The van der Waals surface area contributed by atoms with Crippen LogP contribution in [-0.4, -0.2) is 21.0 Å². The highest BCUT2D eigenvalue weighted by Crippen LogP contribution is 2.25. The first-order chi connectivity index (χ1) is 12.1. The molecule has 0 unspecified atom stereocenters. The highest BCUT2D eigenvalue weighted by Gasteiger charge is 2.12. The van der Waals surface area contributed by atoms with Gasteiger partial charge in [0.15, 0.2) is 0 Å². The van der Waals surface area contributed by atoms with E-state index in [4.69, 9.17) is 16.1 Å². The second-order valence-electron chi connectivity index (χ2n) is 5.48. The molecule has 1 aromatic carbocycles. The van der Waals surface area contributed by atoms with Crippen LogP contribution in [0.3, 0.4) is 0 Å². The van der Waals surface area contributed by atoms with E-state index in [-0.39, 0.29) is 5.91 Å². The number of aryl methyl sites for hydroxylation is 2. The first kappa shape index (κ1) is 17.6. The molecule has 3 rings (SSSR count). The molecule has 130 valence electrons. The van der Waals surface area contributed by atoms with E-state index in [2.05, 4.69) is 20.4 Å². The molecule has 8 heteroatoms. The number of carbonyl (C=O) groups excluding carboxylic acids is 1. The molecule has 0 fully saturated rings. The summed E-state index contributed by atoms with van der Waals surface area (Å²) in [6.45, 7) is 2.40. The SMILES string of the molecule is Cc1nc(CNC(=O)CCCc2nc(-c3ccccc3Cl)no2)cs1. The molecule has 0 spiro atoms. The second-order valence-corrected chi connectivity index (χ2v) is 6.95. The lowest BCUT2D eigenvalue weighted by molar-refractivity contribution is -0.121. The number of rotatable bonds is 7. The van der Waals surface area contributed by atoms with Crippen molar-refractivity contribution in [2.45, 2.75) is 32.7 Å². The molecule has 0 saturated carbocycles. The van der Waals surface area contributed by atoms with Gasteiger partial charge in [-0.1, -0.05) is 28.9 Å². The highest BCUT2D eigenvalue weighted by molar-refractivity contribution is 7.09. The van der Waals surface area contributed by atoms with Gasteiger partial charge in [-0.05, 0) is 25.5 Å². The molecule has 0 atom stereocenters. The second kappa shape index (κ2) is 8.22. The number of thiazole rings is 1. The summed E-state index contributed by atoms with van der Waals surface area (Å²) in [7, 11) is 0. The van der Waals surface area contributed by atoms with Gasteiger partial charge >= 0.3 is 0 Å². The molecular weight excluding hydrogens is 360 g/mol. The number of hydrogen-bond donors (Lipinski definition) is 1. The Labute approximate surface area is 154 Å². The summed E-state index contributed by atoms with van der Waals surface area (Å²) in [5, 5.41) is 10.3. The van der Waals surface area contributed by atoms with E-state index in [1.807, 2.05) is 30.5 Å². The van der Waals surface area contributed by atoms with Gasteiger partial charge in [-0.2, -0.15) is 4.98 Å². The van der Waals surface area contributed by atoms with Crippen LogP contribution in [0.25, 0.3) is 11.4 Å². The van der Waals surface area contributed by atoms with E-state index in [1.165, 1.54) is 0 Å². The van der Waals surface area contributed by atoms with Gasteiger partial charge < -0.3 is 9.84 Å². The largest absolute Gasteiger partial charge is 0.350 e. The van der Waals surface area contributed by atoms with Gasteiger partial charge in [0.2, 0.25) is 17.6 Å². The standard InChI is InChI=1S/C17H17ClN4O2S/c1-11-20-12(10-25-11)9-19-15(23)7-4-8-16-21-17(22-24-16)13-5-2-3-6-14(13)18/h2-3,5-6,10H,4,7-9H2,1H3,(H,19,23). The van der Waals surface area contributed by atoms with E-state index >= 15 is 0 Å². The third-order valence-electron chi connectivity index (χ3n) is 3.51. The maximum atomic E-state index is 11.9. The molecule has 1 amide bonds. The number of benzene rings is 1. The van der Waals surface area contributed by atoms with Crippen LogP contribution in [0.15, 0.2) is 34.2 Å².